The molecular weight excluding hydrogens is 548 g/mol. The van der Waals surface area contributed by atoms with Crippen molar-refractivity contribution in [3.8, 4) is 28.8 Å². The summed E-state index contributed by atoms with van der Waals surface area (Å²) in [5, 5.41) is 14.8. The van der Waals surface area contributed by atoms with E-state index in [1.165, 1.54) is 0 Å². The molecule has 0 atom stereocenters. The van der Waals surface area contributed by atoms with E-state index in [-0.39, 0.29) is 17.7 Å². The van der Waals surface area contributed by atoms with Crippen LogP contribution in [0.1, 0.15) is 23.6 Å². The lowest BCUT2D eigenvalue weighted by atomic mass is 9.93. The maximum Gasteiger partial charge on any atom is 0.271 e. The Labute approximate surface area is 255 Å². The van der Waals surface area contributed by atoms with E-state index < -0.39 is 11.8 Å². The molecule has 6 rings (SSSR count). The summed E-state index contributed by atoms with van der Waals surface area (Å²) in [5.74, 6) is -0.337. The SMILES string of the molecule is CC1=C(C#N)C(=O)N(Cc2ccccc2)C(=O)/C1=C/c1cn(-c2ccccc2)nc1-c1ccc(OCc2ccccc2)cc1. The van der Waals surface area contributed by atoms with E-state index in [1.807, 2.05) is 128 Å². The second kappa shape index (κ2) is 12.5. The highest BCUT2D eigenvalue weighted by Gasteiger charge is 2.35. The summed E-state index contributed by atoms with van der Waals surface area (Å²) >= 11 is 0. The first-order valence-corrected chi connectivity index (χ1v) is 14.2. The van der Waals surface area contributed by atoms with Gasteiger partial charge in [0, 0.05) is 22.9 Å². The average Bonchev–Trinajstić information content (AvgIpc) is 3.50. The maximum atomic E-state index is 13.8. The minimum Gasteiger partial charge on any atom is -0.489 e. The first-order chi connectivity index (χ1) is 21.5. The van der Waals surface area contributed by atoms with Gasteiger partial charge in [-0.3, -0.25) is 14.5 Å². The fraction of sp³-hybridized carbons (Fsp3) is 0.0811. The van der Waals surface area contributed by atoms with Gasteiger partial charge in [-0.2, -0.15) is 10.4 Å². The van der Waals surface area contributed by atoms with E-state index in [2.05, 4.69) is 0 Å². The highest BCUT2D eigenvalue weighted by atomic mass is 16.5. The van der Waals surface area contributed by atoms with Crippen molar-refractivity contribution in [3.63, 3.8) is 0 Å². The minimum absolute atomic E-state index is 0.0521. The van der Waals surface area contributed by atoms with Gasteiger partial charge in [0.2, 0.25) is 0 Å². The summed E-state index contributed by atoms with van der Waals surface area (Å²) in [6.07, 6.45) is 3.57. The number of benzene rings is 4. The Morgan fingerprint density at radius 1 is 0.795 bits per heavy atom. The van der Waals surface area contributed by atoms with E-state index in [9.17, 15) is 14.9 Å². The van der Waals surface area contributed by atoms with Gasteiger partial charge in [-0.25, -0.2) is 4.68 Å². The molecule has 0 saturated heterocycles. The predicted octanol–water partition coefficient (Wildman–Crippen LogP) is 6.91. The molecule has 2 amide bonds. The molecule has 1 aliphatic rings. The van der Waals surface area contributed by atoms with Crippen LogP contribution >= 0.6 is 0 Å². The number of amides is 2. The van der Waals surface area contributed by atoms with E-state index >= 15 is 0 Å². The van der Waals surface area contributed by atoms with E-state index in [1.54, 1.807) is 17.7 Å². The van der Waals surface area contributed by atoms with Gasteiger partial charge in [0.1, 0.15) is 24.0 Å². The summed E-state index contributed by atoms with van der Waals surface area (Å²) in [4.78, 5) is 28.2. The van der Waals surface area contributed by atoms with Crippen LogP contribution in [-0.4, -0.2) is 26.5 Å². The number of carbonyl (C=O) groups excluding carboxylic acids is 2. The van der Waals surface area contributed by atoms with Gasteiger partial charge < -0.3 is 4.74 Å². The van der Waals surface area contributed by atoms with Gasteiger partial charge in [0.25, 0.3) is 11.8 Å². The van der Waals surface area contributed by atoms with Crippen LogP contribution in [0.25, 0.3) is 23.0 Å². The fourth-order valence-corrected chi connectivity index (χ4v) is 5.08. The summed E-state index contributed by atoms with van der Waals surface area (Å²) in [7, 11) is 0. The molecule has 214 valence electrons. The van der Waals surface area contributed by atoms with Crippen molar-refractivity contribution < 1.29 is 14.3 Å². The normalized spacial score (nSPS) is 14.2. The van der Waals surface area contributed by atoms with Crippen molar-refractivity contribution in [2.24, 2.45) is 0 Å². The van der Waals surface area contributed by atoms with Crippen molar-refractivity contribution in [1.29, 1.82) is 5.26 Å². The third kappa shape index (κ3) is 5.83. The maximum absolute atomic E-state index is 13.8. The molecule has 4 aromatic carbocycles. The van der Waals surface area contributed by atoms with Crippen LogP contribution in [0.5, 0.6) is 5.75 Å². The van der Waals surface area contributed by atoms with Crippen molar-refractivity contribution in [1.82, 2.24) is 14.7 Å². The van der Waals surface area contributed by atoms with Gasteiger partial charge in [0.05, 0.1) is 17.9 Å². The van der Waals surface area contributed by atoms with Gasteiger partial charge in [-0.1, -0.05) is 78.9 Å². The molecule has 7 heteroatoms. The summed E-state index contributed by atoms with van der Waals surface area (Å²) in [6.45, 7) is 2.16. The molecule has 2 heterocycles. The van der Waals surface area contributed by atoms with Gasteiger partial charge in [0.15, 0.2) is 0 Å². The number of hydrogen-bond donors (Lipinski definition) is 0. The van der Waals surface area contributed by atoms with Gasteiger partial charge in [-0.15, -0.1) is 0 Å². The van der Waals surface area contributed by atoms with Crippen molar-refractivity contribution in [2.75, 3.05) is 0 Å². The van der Waals surface area contributed by atoms with Crippen LogP contribution < -0.4 is 4.74 Å². The molecule has 0 fully saturated rings. The van der Waals surface area contributed by atoms with Crippen molar-refractivity contribution in [3.05, 3.63) is 155 Å². The minimum atomic E-state index is -0.595. The van der Waals surface area contributed by atoms with Crippen LogP contribution in [0.15, 0.2) is 138 Å². The highest BCUT2D eigenvalue weighted by molar-refractivity contribution is 6.19. The monoisotopic (exact) mass is 576 g/mol. The number of rotatable bonds is 8. The molecule has 5 aromatic rings. The Morgan fingerprint density at radius 2 is 1.41 bits per heavy atom. The number of imide groups is 1. The Bertz CT molecular complexity index is 1920. The topological polar surface area (TPSA) is 88.2 Å². The summed E-state index contributed by atoms with van der Waals surface area (Å²) in [6, 6.07) is 38.5. The second-order valence-corrected chi connectivity index (χ2v) is 10.4. The number of hydrogen-bond acceptors (Lipinski definition) is 5. The van der Waals surface area contributed by atoms with Crippen LogP contribution in [0.2, 0.25) is 0 Å². The summed E-state index contributed by atoms with van der Waals surface area (Å²) in [5.41, 5.74) is 5.40. The number of nitrogens with zero attached hydrogens (tertiary/aromatic N) is 4. The number of ether oxygens (including phenoxy) is 1. The molecule has 1 aliphatic heterocycles. The number of nitriles is 1. The average molecular weight is 577 g/mol. The fourth-order valence-electron chi connectivity index (χ4n) is 5.08. The quantitative estimate of drug-likeness (QED) is 0.148. The molecule has 0 N–H and O–H groups in total. The third-order valence-electron chi connectivity index (χ3n) is 7.45. The summed E-state index contributed by atoms with van der Waals surface area (Å²) < 4.78 is 7.73. The lowest BCUT2D eigenvalue weighted by Crippen LogP contribution is -2.42. The van der Waals surface area contributed by atoms with Crippen molar-refractivity contribution in [2.45, 2.75) is 20.1 Å². The molecular formula is C37H28N4O3. The largest absolute Gasteiger partial charge is 0.489 e. The molecule has 0 spiro atoms. The molecule has 44 heavy (non-hydrogen) atoms. The van der Waals surface area contributed by atoms with E-state index in [0.717, 1.165) is 33.0 Å². The highest BCUT2D eigenvalue weighted by Crippen LogP contribution is 2.32. The number of aromatic nitrogens is 2. The van der Waals surface area contributed by atoms with Crippen LogP contribution in [0.4, 0.5) is 0 Å². The van der Waals surface area contributed by atoms with Crippen molar-refractivity contribution >= 4 is 17.9 Å². The number of carbonyl (C=O) groups is 2. The lowest BCUT2D eigenvalue weighted by molar-refractivity contribution is -0.141. The zero-order valence-corrected chi connectivity index (χ0v) is 24.1. The zero-order chi connectivity index (χ0) is 30.5. The third-order valence-corrected chi connectivity index (χ3v) is 7.45. The molecule has 0 aliphatic carbocycles. The van der Waals surface area contributed by atoms with Crippen LogP contribution in [-0.2, 0) is 22.7 Å². The second-order valence-electron chi connectivity index (χ2n) is 10.4. The first kappa shape index (κ1) is 28.1. The van der Waals surface area contributed by atoms with Gasteiger partial charge >= 0.3 is 0 Å². The molecule has 7 nitrogen and oxygen atoms in total. The molecule has 1 aromatic heterocycles. The first-order valence-electron chi connectivity index (χ1n) is 14.2. The Kier molecular flexibility index (Phi) is 7.98. The molecule has 0 radical (unpaired) electrons. The molecule has 0 bridgehead atoms. The van der Waals surface area contributed by atoms with E-state index in [4.69, 9.17) is 9.84 Å². The smallest absolute Gasteiger partial charge is 0.271 e. The molecule has 0 saturated carbocycles. The zero-order valence-electron chi connectivity index (χ0n) is 24.1. The van der Waals surface area contributed by atoms with Crippen LogP contribution in [0, 0.1) is 11.3 Å². The standard InChI is InChI=1S/C37H28N4O3/c1-26-33(36(42)40(37(43)34(26)22-38)23-27-11-5-2-6-12-27)21-30-24-41(31-15-9-4-10-16-31)39-35(30)29-17-19-32(20-18-29)44-25-28-13-7-3-8-14-28/h2-21,24H,23,25H2,1H3/b33-21+. The lowest BCUT2D eigenvalue weighted by Gasteiger charge is -2.27. The van der Waals surface area contributed by atoms with Crippen LogP contribution in [0.3, 0.4) is 0 Å². The van der Waals surface area contributed by atoms with E-state index in [0.29, 0.717) is 23.4 Å². The number of para-hydroxylation sites is 1. The Morgan fingerprint density at radius 3 is 2.05 bits per heavy atom. The predicted molar refractivity (Wildman–Crippen MR) is 168 cm³/mol. The van der Waals surface area contributed by atoms with Gasteiger partial charge in [-0.05, 0) is 66.1 Å². The molecule has 0 unspecified atom stereocenters. The Hall–Kier alpha value is -6.00. The Balaban J connectivity index is 1.39.